The number of ether oxygens (including phenoxy) is 1. The van der Waals surface area contributed by atoms with E-state index in [0.29, 0.717) is 4.47 Å². The summed E-state index contributed by atoms with van der Waals surface area (Å²) in [5.41, 5.74) is 0.0726. The molecule has 1 aromatic rings. The first kappa shape index (κ1) is 31.8. The zero-order chi connectivity index (χ0) is 27.7. The molecule has 0 bridgehead atoms. The summed E-state index contributed by atoms with van der Waals surface area (Å²) in [7, 11) is 0. The van der Waals surface area contributed by atoms with Crippen molar-refractivity contribution in [2.75, 3.05) is 6.61 Å². The third-order valence-corrected chi connectivity index (χ3v) is 5.55. The van der Waals surface area contributed by atoms with Crippen LogP contribution < -0.4 is 0 Å². The van der Waals surface area contributed by atoms with E-state index in [1.54, 1.807) is 0 Å². The maximum absolute atomic E-state index is 13.8. The standard InChI is InChI=1S/C18H11BrF13IO2/c19-10-5-3-9(4-6-10)12(34)35-7-1-2-11(33)8-13(20,21)14(22,23)15(24,25)16(26,27)17(28,29)18(30,31)32/h3-6,8H,1-2,7H2. The average molecular weight is 713 g/mol. The van der Waals surface area contributed by atoms with Gasteiger partial charge in [0.15, 0.2) is 0 Å². The molecule has 200 valence electrons. The molecule has 17 heteroatoms. The van der Waals surface area contributed by atoms with Crippen LogP contribution in [0.1, 0.15) is 23.2 Å². The third-order valence-electron chi connectivity index (χ3n) is 4.17. The maximum atomic E-state index is 13.8. The molecule has 0 atom stereocenters. The Labute approximate surface area is 210 Å². The van der Waals surface area contributed by atoms with Crippen LogP contribution in [-0.4, -0.2) is 48.4 Å². The van der Waals surface area contributed by atoms with Gasteiger partial charge >= 0.3 is 41.8 Å². The zero-order valence-corrected chi connectivity index (χ0v) is 20.2. The van der Waals surface area contributed by atoms with Crippen molar-refractivity contribution < 1.29 is 66.6 Å². The molecule has 2 nitrogen and oxygen atoms in total. The van der Waals surface area contributed by atoms with Crippen molar-refractivity contribution in [3.05, 3.63) is 44.0 Å². The number of hydrogen-bond acceptors (Lipinski definition) is 2. The SMILES string of the molecule is O=C(OCCCC(I)=CC(F)(F)C(F)(F)C(F)(F)C(F)(F)C(F)(F)C(F)(F)F)c1ccc(Br)cc1. The minimum atomic E-state index is -7.94. The van der Waals surface area contributed by atoms with Crippen molar-refractivity contribution in [1.29, 1.82) is 0 Å². The summed E-state index contributed by atoms with van der Waals surface area (Å²) in [5.74, 6) is -38.1. The fourth-order valence-electron chi connectivity index (χ4n) is 2.22. The number of carbonyl (C=O) groups is 1. The van der Waals surface area contributed by atoms with Crippen LogP contribution in [0, 0.1) is 0 Å². The molecule has 0 spiro atoms. The Bertz CT molecular complexity index is 927. The number of alkyl halides is 13. The second kappa shape index (κ2) is 10.6. The first-order valence-corrected chi connectivity index (χ1v) is 10.7. The predicted octanol–water partition coefficient (Wildman–Crippen LogP) is 8.44. The Morgan fingerprint density at radius 3 is 1.71 bits per heavy atom. The van der Waals surface area contributed by atoms with E-state index >= 15 is 0 Å². The Hall–Kier alpha value is -1.27. The minimum Gasteiger partial charge on any atom is -0.462 e. The van der Waals surface area contributed by atoms with Gasteiger partial charge in [-0.25, -0.2) is 4.79 Å². The van der Waals surface area contributed by atoms with E-state index in [0.717, 1.165) is 22.6 Å². The molecule has 0 heterocycles. The van der Waals surface area contributed by atoms with Crippen molar-refractivity contribution in [3.63, 3.8) is 0 Å². The van der Waals surface area contributed by atoms with Gasteiger partial charge < -0.3 is 4.74 Å². The molecule has 1 rings (SSSR count). The molecule has 1 aromatic carbocycles. The smallest absolute Gasteiger partial charge is 0.460 e. The molecule has 0 aliphatic rings. The molecule has 0 aliphatic heterocycles. The van der Waals surface area contributed by atoms with Gasteiger partial charge in [-0.05, 0) is 63.3 Å². The van der Waals surface area contributed by atoms with E-state index in [1.807, 2.05) is 0 Å². The van der Waals surface area contributed by atoms with E-state index < -0.39 is 64.4 Å². The van der Waals surface area contributed by atoms with Gasteiger partial charge in [-0.15, -0.1) is 0 Å². The van der Waals surface area contributed by atoms with Crippen LogP contribution in [0.25, 0.3) is 0 Å². The fraction of sp³-hybridized carbons (Fsp3) is 0.500. The molecule has 0 unspecified atom stereocenters. The van der Waals surface area contributed by atoms with E-state index in [9.17, 15) is 61.9 Å². The van der Waals surface area contributed by atoms with E-state index in [2.05, 4.69) is 15.9 Å². The molecule has 0 amide bonds. The highest BCUT2D eigenvalue weighted by Crippen LogP contribution is 2.60. The summed E-state index contributed by atoms with van der Waals surface area (Å²) in [6, 6.07) is 5.65. The summed E-state index contributed by atoms with van der Waals surface area (Å²) < 4.78 is 175. The lowest BCUT2D eigenvalue weighted by Gasteiger charge is -2.39. The number of esters is 1. The number of carbonyl (C=O) groups excluding carboxylic acids is 1. The lowest BCUT2D eigenvalue weighted by molar-refractivity contribution is -0.436. The van der Waals surface area contributed by atoms with E-state index in [-0.39, 0.29) is 12.0 Å². The molecule has 0 fully saturated rings. The summed E-state index contributed by atoms with van der Waals surface area (Å²) in [5, 5.41) is 0. The second-order valence-corrected chi connectivity index (χ2v) is 9.06. The van der Waals surface area contributed by atoms with Crippen LogP contribution in [0.4, 0.5) is 57.1 Å². The maximum Gasteiger partial charge on any atom is 0.460 e. The van der Waals surface area contributed by atoms with Crippen molar-refractivity contribution in [2.24, 2.45) is 0 Å². The lowest BCUT2D eigenvalue weighted by Crippen LogP contribution is -2.69. The van der Waals surface area contributed by atoms with Crippen molar-refractivity contribution >= 4 is 44.5 Å². The highest BCUT2D eigenvalue weighted by Gasteiger charge is 2.90. The van der Waals surface area contributed by atoms with Crippen molar-refractivity contribution in [3.8, 4) is 0 Å². The topological polar surface area (TPSA) is 26.3 Å². The van der Waals surface area contributed by atoms with Gasteiger partial charge in [-0.2, -0.15) is 57.1 Å². The molecular formula is C18H11BrF13IO2. The van der Waals surface area contributed by atoms with Gasteiger partial charge in [-0.3, -0.25) is 0 Å². The fourth-order valence-corrected chi connectivity index (χ4v) is 3.25. The van der Waals surface area contributed by atoms with Crippen LogP contribution in [0.15, 0.2) is 38.4 Å². The Morgan fingerprint density at radius 2 is 1.26 bits per heavy atom. The zero-order valence-electron chi connectivity index (χ0n) is 16.5. The van der Waals surface area contributed by atoms with E-state index in [1.165, 1.54) is 24.3 Å². The van der Waals surface area contributed by atoms with Crippen molar-refractivity contribution in [1.82, 2.24) is 0 Å². The second-order valence-electron chi connectivity index (χ2n) is 6.76. The molecule has 0 aromatic heterocycles. The summed E-state index contributed by atoms with van der Waals surface area (Å²) in [4.78, 5) is 11.7. The highest BCUT2D eigenvalue weighted by atomic mass is 127. The quantitative estimate of drug-likeness (QED) is 0.105. The Balaban J connectivity index is 2.96. The molecule has 0 radical (unpaired) electrons. The normalized spacial score (nSPS) is 14.8. The molecule has 0 saturated heterocycles. The van der Waals surface area contributed by atoms with Crippen LogP contribution in [0.3, 0.4) is 0 Å². The molecule has 35 heavy (non-hydrogen) atoms. The van der Waals surface area contributed by atoms with Gasteiger partial charge in [0.2, 0.25) is 0 Å². The van der Waals surface area contributed by atoms with Gasteiger partial charge in [0.05, 0.1) is 12.2 Å². The number of halogens is 15. The van der Waals surface area contributed by atoms with Crippen LogP contribution in [0.2, 0.25) is 0 Å². The van der Waals surface area contributed by atoms with Crippen molar-refractivity contribution in [2.45, 2.75) is 48.6 Å². The number of hydrogen-bond donors (Lipinski definition) is 0. The first-order valence-electron chi connectivity index (χ1n) is 8.78. The average Bonchev–Trinajstić information content (AvgIpc) is 2.69. The number of allylic oxidation sites excluding steroid dienone is 2. The first-order chi connectivity index (χ1) is 15.5. The molecular weight excluding hydrogens is 702 g/mol. The molecule has 0 saturated carbocycles. The van der Waals surface area contributed by atoms with E-state index in [4.69, 9.17) is 4.74 Å². The highest BCUT2D eigenvalue weighted by molar-refractivity contribution is 14.1. The lowest BCUT2D eigenvalue weighted by atomic mass is 9.93. The van der Waals surface area contributed by atoms with Crippen LogP contribution in [-0.2, 0) is 4.74 Å². The summed E-state index contributed by atoms with van der Waals surface area (Å²) >= 11 is 4.00. The predicted molar refractivity (Wildman–Crippen MR) is 107 cm³/mol. The monoisotopic (exact) mass is 712 g/mol. The third kappa shape index (κ3) is 6.36. The minimum absolute atomic E-state index is 0.0726. The van der Waals surface area contributed by atoms with Gasteiger partial charge in [-0.1, -0.05) is 15.9 Å². The number of benzene rings is 1. The Morgan fingerprint density at radius 1 is 0.800 bits per heavy atom. The van der Waals surface area contributed by atoms with Crippen LogP contribution in [0.5, 0.6) is 0 Å². The largest absolute Gasteiger partial charge is 0.462 e. The van der Waals surface area contributed by atoms with Gasteiger partial charge in [0, 0.05) is 10.5 Å². The summed E-state index contributed by atoms with van der Waals surface area (Å²) in [6.45, 7) is -0.497. The molecule has 0 N–H and O–H groups in total. The number of rotatable bonds is 10. The van der Waals surface area contributed by atoms with Crippen LogP contribution >= 0.6 is 38.5 Å². The van der Waals surface area contributed by atoms with Gasteiger partial charge in [0.1, 0.15) is 0 Å². The Kier molecular flexibility index (Phi) is 9.63. The molecule has 0 aliphatic carbocycles. The summed E-state index contributed by atoms with van der Waals surface area (Å²) in [6.07, 6.45) is -9.46. The van der Waals surface area contributed by atoms with Gasteiger partial charge in [0.25, 0.3) is 0 Å².